The molecule has 0 amide bonds. The Morgan fingerprint density at radius 2 is 1.61 bits per heavy atom. The van der Waals surface area contributed by atoms with Crippen molar-refractivity contribution >= 4 is 5.97 Å². The van der Waals surface area contributed by atoms with Crippen molar-refractivity contribution in [3.8, 4) is 0 Å². The van der Waals surface area contributed by atoms with Crippen molar-refractivity contribution in [3.05, 3.63) is 12.4 Å². The van der Waals surface area contributed by atoms with E-state index in [1.165, 1.54) is 12.8 Å². The number of nitrogens with one attached hydrogen (secondary N) is 1. The molecule has 0 unspecified atom stereocenters. The predicted octanol–water partition coefficient (Wildman–Crippen LogP) is 2.32. The van der Waals surface area contributed by atoms with Crippen LogP contribution in [0.25, 0.3) is 0 Å². The van der Waals surface area contributed by atoms with Crippen LogP contribution in [0.15, 0.2) is 12.4 Å². The molecule has 2 fully saturated rings. The SMILES string of the molecule is C=C(NC1(C(=O)O)CCCCCC1)N1CCCC1. The second-order valence-corrected chi connectivity index (χ2v) is 5.57. The van der Waals surface area contributed by atoms with Gasteiger partial charge in [-0.25, -0.2) is 4.79 Å². The summed E-state index contributed by atoms with van der Waals surface area (Å²) in [7, 11) is 0. The lowest BCUT2D eigenvalue weighted by atomic mass is 9.90. The van der Waals surface area contributed by atoms with Crippen molar-refractivity contribution in [1.82, 2.24) is 10.2 Å². The Hall–Kier alpha value is -1.19. The normalized spacial score (nSPS) is 23.4. The number of carboxylic acid groups (broad SMARTS) is 1. The monoisotopic (exact) mass is 252 g/mol. The summed E-state index contributed by atoms with van der Waals surface area (Å²) in [6.07, 6.45) is 8.07. The molecular formula is C14H24N2O2. The van der Waals surface area contributed by atoms with Crippen LogP contribution in [0.1, 0.15) is 51.4 Å². The number of aliphatic carboxylic acids is 1. The van der Waals surface area contributed by atoms with E-state index in [9.17, 15) is 9.90 Å². The number of carboxylic acids is 1. The summed E-state index contributed by atoms with van der Waals surface area (Å²) in [4.78, 5) is 13.8. The topological polar surface area (TPSA) is 52.6 Å². The van der Waals surface area contributed by atoms with Crippen LogP contribution >= 0.6 is 0 Å². The maximum Gasteiger partial charge on any atom is 0.329 e. The molecule has 0 aromatic carbocycles. The molecular weight excluding hydrogens is 228 g/mol. The van der Waals surface area contributed by atoms with Gasteiger partial charge in [0, 0.05) is 13.1 Å². The quantitative estimate of drug-likeness (QED) is 0.754. The van der Waals surface area contributed by atoms with Crippen molar-refractivity contribution in [1.29, 1.82) is 0 Å². The van der Waals surface area contributed by atoms with Crippen LogP contribution in [0.2, 0.25) is 0 Å². The Kier molecular flexibility index (Phi) is 4.15. The summed E-state index contributed by atoms with van der Waals surface area (Å²) in [6, 6.07) is 0. The molecule has 1 aliphatic heterocycles. The molecule has 0 aromatic rings. The smallest absolute Gasteiger partial charge is 0.329 e. The Morgan fingerprint density at radius 3 is 2.11 bits per heavy atom. The summed E-state index contributed by atoms with van der Waals surface area (Å²) >= 11 is 0. The van der Waals surface area contributed by atoms with Crippen LogP contribution in [0.5, 0.6) is 0 Å². The maximum absolute atomic E-state index is 11.7. The van der Waals surface area contributed by atoms with Crippen molar-refractivity contribution in [2.75, 3.05) is 13.1 Å². The van der Waals surface area contributed by atoms with Crippen LogP contribution in [0, 0.1) is 0 Å². The van der Waals surface area contributed by atoms with Crippen molar-refractivity contribution in [2.45, 2.75) is 56.9 Å². The Bertz CT molecular complexity index is 314. The average Bonchev–Trinajstić information content (AvgIpc) is 2.77. The summed E-state index contributed by atoms with van der Waals surface area (Å²) in [5, 5.41) is 12.8. The highest BCUT2D eigenvalue weighted by molar-refractivity contribution is 5.79. The molecule has 0 bridgehead atoms. The summed E-state index contributed by atoms with van der Waals surface area (Å²) < 4.78 is 0. The van der Waals surface area contributed by atoms with Gasteiger partial charge in [0.25, 0.3) is 0 Å². The van der Waals surface area contributed by atoms with Gasteiger partial charge in [-0.3, -0.25) is 0 Å². The number of carbonyl (C=O) groups is 1. The predicted molar refractivity (Wildman–Crippen MR) is 71.2 cm³/mol. The fourth-order valence-corrected chi connectivity index (χ4v) is 3.07. The minimum Gasteiger partial charge on any atom is -0.480 e. The largest absolute Gasteiger partial charge is 0.480 e. The molecule has 2 rings (SSSR count). The Morgan fingerprint density at radius 1 is 1.06 bits per heavy atom. The molecule has 2 aliphatic rings. The zero-order valence-corrected chi connectivity index (χ0v) is 11.1. The van der Waals surface area contributed by atoms with Gasteiger partial charge in [-0.15, -0.1) is 0 Å². The van der Waals surface area contributed by atoms with Crippen LogP contribution in [0.3, 0.4) is 0 Å². The molecule has 1 aliphatic carbocycles. The second kappa shape index (κ2) is 5.63. The molecule has 0 radical (unpaired) electrons. The zero-order chi connectivity index (χ0) is 13.0. The van der Waals surface area contributed by atoms with E-state index in [2.05, 4.69) is 16.8 Å². The maximum atomic E-state index is 11.7. The van der Waals surface area contributed by atoms with Crippen LogP contribution in [-0.2, 0) is 4.79 Å². The summed E-state index contributed by atoms with van der Waals surface area (Å²) in [6.45, 7) is 6.04. The van der Waals surface area contributed by atoms with Gasteiger partial charge in [0.1, 0.15) is 5.54 Å². The minimum atomic E-state index is -0.782. The van der Waals surface area contributed by atoms with Crippen molar-refractivity contribution < 1.29 is 9.90 Å². The molecule has 18 heavy (non-hydrogen) atoms. The first-order valence-electron chi connectivity index (χ1n) is 7.09. The zero-order valence-electron chi connectivity index (χ0n) is 11.1. The van der Waals surface area contributed by atoms with Crippen molar-refractivity contribution in [2.24, 2.45) is 0 Å². The third kappa shape index (κ3) is 2.79. The molecule has 4 nitrogen and oxygen atoms in total. The summed E-state index contributed by atoms with van der Waals surface area (Å²) in [5.41, 5.74) is -0.782. The lowest BCUT2D eigenvalue weighted by Gasteiger charge is -2.34. The van der Waals surface area contributed by atoms with Gasteiger partial charge in [-0.1, -0.05) is 32.3 Å². The van der Waals surface area contributed by atoms with E-state index in [0.29, 0.717) is 0 Å². The first-order valence-corrected chi connectivity index (χ1v) is 7.09. The van der Waals surface area contributed by atoms with Gasteiger partial charge in [-0.05, 0) is 25.7 Å². The average molecular weight is 252 g/mol. The number of hydrogen-bond donors (Lipinski definition) is 2. The van der Waals surface area contributed by atoms with Gasteiger partial charge < -0.3 is 15.3 Å². The minimum absolute atomic E-state index is 0.717. The van der Waals surface area contributed by atoms with E-state index in [4.69, 9.17) is 0 Å². The highest BCUT2D eigenvalue weighted by atomic mass is 16.4. The fourth-order valence-electron chi connectivity index (χ4n) is 3.07. The number of hydrogen-bond acceptors (Lipinski definition) is 3. The standard InChI is InChI=1S/C14H24N2O2/c1-12(16-10-6-7-11-16)15-14(13(17)18)8-4-2-3-5-9-14/h15H,1-11H2,(H,17,18). The molecule has 0 atom stereocenters. The van der Waals surface area contributed by atoms with E-state index in [-0.39, 0.29) is 0 Å². The molecule has 1 saturated heterocycles. The first kappa shape index (κ1) is 13.2. The first-order chi connectivity index (χ1) is 8.64. The van der Waals surface area contributed by atoms with E-state index in [1.807, 2.05) is 0 Å². The highest BCUT2D eigenvalue weighted by Crippen LogP contribution is 2.29. The van der Waals surface area contributed by atoms with E-state index >= 15 is 0 Å². The van der Waals surface area contributed by atoms with E-state index in [0.717, 1.165) is 57.4 Å². The molecule has 4 heteroatoms. The van der Waals surface area contributed by atoms with Gasteiger partial charge >= 0.3 is 5.97 Å². The molecule has 102 valence electrons. The fraction of sp³-hybridized carbons (Fsp3) is 0.786. The summed E-state index contributed by atoms with van der Waals surface area (Å²) in [5.74, 6) is 0.0848. The van der Waals surface area contributed by atoms with E-state index < -0.39 is 11.5 Å². The number of nitrogens with zero attached hydrogens (tertiary/aromatic N) is 1. The lowest BCUT2D eigenvalue weighted by molar-refractivity contribution is -0.145. The number of rotatable bonds is 4. The Balaban J connectivity index is 2.04. The van der Waals surface area contributed by atoms with Crippen LogP contribution in [-0.4, -0.2) is 34.6 Å². The van der Waals surface area contributed by atoms with Crippen LogP contribution < -0.4 is 5.32 Å². The molecule has 1 heterocycles. The molecule has 0 aromatic heterocycles. The lowest BCUT2D eigenvalue weighted by Crippen LogP contribution is -2.53. The van der Waals surface area contributed by atoms with E-state index in [1.54, 1.807) is 0 Å². The third-order valence-electron chi connectivity index (χ3n) is 4.24. The molecule has 1 saturated carbocycles. The van der Waals surface area contributed by atoms with Gasteiger partial charge in [0.15, 0.2) is 0 Å². The highest BCUT2D eigenvalue weighted by Gasteiger charge is 2.39. The van der Waals surface area contributed by atoms with Crippen molar-refractivity contribution in [3.63, 3.8) is 0 Å². The van der Waals surface area contributed by atoms with Gasteiger partial charge in [0.2, 0.25) is 0 Å². The molecule has 0 spiro atoms. The van der Waals surface area contributed by atoms with Crippen LogP contribution in [0.4, 0.5) is 0 Å². The van der Waals surface area contributed by atoms with Gasteiger partial charge in [0.05, 0.1) is 5.82 Å². The third-order valence-corrected chi connectivity index (χ3v) is 4.24. The second-order valence-electron chi connectivity index (χ2n) is 5.57. The Labute approximate surface area is 109 Å². The number of likely N-dealkylation sites (tertiary alicyclic amines) is 1. The molecule has 2 N–H and O–H groups in total. The van der Waals surface area contributed by atoms with Gasteiger partial charge in [-0.2, -0.15) is 0 Å².